The molecular weight excluding hydrogens is 982 g/mol. The van der Waals surface area contributed by atoms with Crippen molar-refractivity contribution in [1.82, 2.24) is 45.5 Å². The highest BCUT2D eigenvalue weighted by atomic mass is 32.1. The van der Waals surface area contributed by atoms with E-state index in [0.717, 1.165) is 109 Å². The molecule has 7 aromatic rings. The first-order chi connectivity index (χ1) is 36.9. The van der Waals surface area contributed by atoms with E-state index >= 15 is 4.39 Å². The summed E-state index contributed by atoms with van der Waals surface area (Å²) in [5.41, 5.74) is 6.78. The third-order valence-electron chi connectivity index (χ3n) is 16.7. The number of aromatic hydroxyl groups is 1. The van der Waals surface area contributed by atoms with Crippen LogP contribution in [-0.4, -0.2) is 129 Å². The molecule has 3 aromatic carbocycles. The van der Waals surface area contributed by atoms with Crippen LogP contribution in [0.25, 0.3) is 43.4 Å². The van der Waals surface area contributed by atoms with Crippen LogP contribution in [0.1, 0.15) is 87.9 Å². The lowest BCUT2D eigenvalue weighted by Crippen LogP contribution is -2.51. The number of likely N-dealkylation sites (tertiary alicyclic amines) is 2. The molecule has 5 fully saturated rings. The Kier molecular flexibility index (Phi) is 13.6. The van der Waals surface area contributed by atoms with Gasteiger partial charge in [-0.2, -0.15) is 9.97 Å². The average molecular weight is 1050 g/mol. The van der Waals surface area contributed by atoms with Crippen LogP contribution in [-0.2, 0) is 16.0 Å². The summed E-state index contributed by atoms with van der Waals surface area (Å²) >= 11 is 1.61. The number of thiazole rings is 1. The summed E-state index contributed by atoms with van der Waals surface area (Å²) < 4.78 is 29.5. The largest absolute Gasteiger partial charge is 0.508 e. The maximum atomic E-state index is 17.2. The van der Waals surface area contributed by atoms with Crippen LogP contribution in [0.2, 0.25) is 0 Å². The predicted molar refractivity (Wildman–Crippen MR) is 292 cm³/mol. The first-order valence-electron chi connectivity index (χ1n) is 27.2. The topological polar surface area (TPSA) is 178 Å². The van der Waals surface area contributed by atoms with Crippen LogP contribution in [0.4, 0.5) is 16.0 Å². The average Bonchev–Trinajstić information content (AvgIpc) is 4.35. The second kappa shape index (κ2) is 20.6. The number of benzene rings is 3. The van der Waals surface area contributed by atoms with Crippen molar-refractivity contribution in [3.8, 4) is 33.5 Å². The van der Waals surface area contributed by atoms with Gasteiger partial charge in [0.1, 0.15) is 41.3 Å². The van der Waals surface area contributed by atoms with Crippen LogP contribution in [0.3, 0.4) is 0 Å². The molecule has 396 valence electrons. The summed E-state index contributed by atoms with van der Waals surface area (Å²) in [4.78, 5) is 56.9. The number of anilines is 2. The molecule has 5 aliphatic heterocycles. The van der Waals surface area contributed by atoms with E-state index in [4.69, 9.17) is 24.2 Å². The highest BCUT2D eigenvalue weighted by molar-refractivity contribution is 7.13. The molecule has 0 saturated carbocycles. The number of fused-ring (bicyclic) bond motifs is 5. The fraction of sp³-hybridized carbons (Fsp3) is 0.466. The molecule has 4 aromatic heterocycles. The molecule has 0 radical (unpaired) electrons. The van der Waals surface area contributed by atoms with Gasteiger partial charge in [-0.15, -0.1) is 11.3 Å². The summed E-state index contributed by atoms with van der Waals surface area (Å²) in [6, 6.07) is 19.3. The van der Waals surface area contributed by atoms with E-state index in [0.29, 0.717) is 72.6 Å². The molecule has 7 atom stereocenters. The van der Waals surface area contributed by atoms with Crippen molar-refractivity contribution in [2.75, 3.05) is 68.8 Å². The van der Waals surface area contributed by atoms with Gasteiger partial charge in [-0.3, -0.25) is 19.5 Å². The molecule has 0 aliphatic carbocycles. The third kappa shape index (κ3) is 9.50. The normalized spacial score (nSPS) is 22.3. The van der Waals surface area contributed by atoms with Crippen molar-refractivity contribution < 1.29 is 28.3 Å². The minimum Gasteiger partial charge on any atom is -0.508 e. The van der Waals surface area contributed by atoms with E-state index in [1.165, 1.54) is 0 Å². The van der Waals surface area contributed by atoms with Gasteiger partial charge in [0.2, 0.25) is 11.8 Å². The van der Waals surface area contributed by atoms with Crippen molar-refractivity contribution in [3.05, 3.63) is 101 Å². The van der Waals surface area contributed by atoms with E-state index in [1.54, 1.807) is 34.6 Å². The Labute approximate surface area is 446 Å². The number of rotatable bonds is 15. The van der Waals surface area contributed by atoms with E-state index in [9.17, 15) is 14.7 Å². The molecule has 5 saturated heterocycles. The van der Waals surface area contributed by atoms with Crippen molar-refractivity contribution in [2.45, 2.75) is 96.8 Å². The molecule has 0 spiro atoms. The monoisotopic (exact) mass is 1050 g/mol. The molecular formula is C58H66FN11O5S. The fourth-order valence-electron chi connectivity index (χ4n) is 12.9. The van der Waals surface area contributed by atoms with Crippen LogP contribution in [0.5, 0.6) is 11.8 Å². The molecule has 76 heavy (non-hydrogen) atoms. The number of ether oxygens (including phenoxy) is 1. The van der Waals surface area contributed by atoms with Crippen LogP contribution in [0, 0.1) is 30.5 Å². The lowest BCUT2D eigenvalue weighted by molar-refractivity contribution is -0.141. The highest BCUT2D eigenvalue weighted by Gasteiger charge is 2.43. The SMILES string of the molecule is CCc1cccc2cc(O)cc(-c3ncc4c(N5CC6CCC(C5)N6)nc(OCCN5CC6CN(c7cc(C(C(=O)N8CCCC8C(=O)NC(C)c8ccc(-c9scnc9C)cc8)C(C)C)on7)CC6C5)nc4c3F)c12. The molecule has 12 rings (SSSR count). The molecule has 5 aliphatic rings. The Balaban J connectivity index is 0.689. The minimum atomic E-state index is -0.579. The molecule has 16 nitrogen and oxygen atoms in total. The second-order valence-electron chi connectivity index (χ2n) is 22.1. The number of hydrogen-bond donors (Lipinski definition) is 3. The zero-order chi connectivity index (χ0) is 52.4. The Morgan fingerprint density at radius 1 is 0.947 bits per heavy atom. The van der Waals surface area contributed by atoms with Crippen LogP contribution >= 0.6 is 11.3 Å². The second-order valence-corrected chi connectivity index (χ2v) is 22.9. The first-order valence-corrected chi connectivity index (χ1v) is 28.1. The molecule has 2 bridgehead atoms. The van der Waals surface area contributed by atoms with Gasteiger partial charge in [-0.05, 0) is 103 Å². The van der Waals surface area contributed by atoms with Gasteiger partial charge in [0.25, 0.3) is 0 Å². The lowest BCUT2D eigenvalue weighted by Gasteiger charge is -2.34. The number of amides is 2. The number of carbonyl (C=O) groups excluding carboxylic acids is 2. The molecule has 9 heterocycles. The van der Waals surface area contributed by atoms with E-state index in [-0.39, 0.29) is 46.7 Å². The number of aromatic nitrogens is 5. The molecule has 18 heteroatoms. The number of halogens is 1. The van der Waals surface area contributed by atoms with Gasteiger partial charge >= 0.3 is 6.01 Å². The summed E-state index contributed by atoms with van der Waals surface area (Å²) in [6.07, 6.45) is 5.93. The Morgan fingerprint density at radius 3 is 2.45 bits per heavy atom. The number of hydrogen-bond acceptors (Lipinski definition) is 15. The maximum absolute atomic E-state index is 17.2. The number of pyridine rings is 1. The zero-order valence-corrected chi connectivity index (χ0v) is 44.7. The van der Waals surface area contributed by atoms with Gasteiger partial charge in [0.05, 0.1) is 27.5 Å². The van der Waals surface area contributed by atoms with Gasteiger partial charge < -0.3 is 39.7 Å². The van der Waals surface area contributed by atoms with Crippen molar-refractivity contribution in [1.29, 1.82) is 0 Å². The summed E-state index contributed by atoms with van der Waals surface area (Å²) in [7, 11) is 0. The quantitative estimate of drug-likeness (QED) is 0.0889. The highest BCUT2D eigenvalue weighted by Crippen LogP contribution is 2.41. The summed E-state index contributed by atoms with van der Waals surface area (Å²) in [5.74, 6) is 1.24. The molecule has 3 N–H and O–H groups in total. The number of phenolic OH excluding ortho intramolecular Hbond substituents is 1. The number of piperazine rings is 1. The van der Waals surface area contributed by atoms with Gasteiger partial charge in [0.15, 0.2) is 17.4 Å². The minimum absolute atomic E-state index is 0.0401. The Morgan fingerprint density at radius 2 is 1.72 bits per heavy atom. The van der Waals surface area contributed by atoms with Gasteiger partial charge in [-0.1, -0.05) is 68.4 Å². The number of nitrogens with zero attached hydrogens (tertiary/aromatic N) is 9. The van der Waals surface area contributed by atoms with Crippen molar-refractivity contribution in [2.24, 2.45) is 17.8 Å². The summed E-state index contributed by atoms with van der Waals surface area (Å²) in [5, 5.41) is 24.4. The smallest absolute Gasteiger partial charge is 0.319 e. The number of nitrogens with one attached hydrogen (secondary N) is 2. The number of phenols is 1. The predicted octanol–water partition coefficient (Wildman–Crippen LogP) is 8.67. The zero-order valence-electron chi connectivity index (χ0n) is 43.8. The van der Waals surface area contributed by atoms with Crippen LogP contribution < -0.4 is 25.2 Å². The van der Waals surface area contributed by atoms with Crippen molar-refractivity contribution >= 4 is 56.5 Å². The number of aryl methyl sites for hydroxylation is 2. The standard InChI is InChI=1S/C58H66FN11O5S/c1-6-35-9-7-10-38-21-43(71)22-44(50(35)38)52-51(59)53-45(24-60-52)55(69-29-41-16-17-42(30-69)63-41)65-58(64-53)74-20-19-67-25-39-27-68(28-40(39)26-67)48-23-47(75-66-48)49(32(2)3)57(73)70-18-8-11-46(70)56(72)62-33(4)36-12-14-37(15-13-36)54-34(5)61-31-76-54/h7,9-10,12-15,21-24,31-33,39-42,46,49,63,71H,6,8,11,16-20,25-30H2,1-5H3,(H,62,72). The Hall–Kier alpha value is -6.76. The van der Waals surface area contributed by atoms with Crippen LogP contribution in [0.15, 0.2) is 76.9 Å². The van der Waals surface area contributed by atoms with Gasteiger partial charge in [-0.25, -0.2) is 9.37 Å². The Bertz CT molecular complexity index is 3290. The van der Waals surface area contributed by atoms with E-state index in [1.807, 2.05) is 69.6 Å². The van der Waals surface area contributed by atoms with Crippen molar-refractivity contribution in [3.63, 3.8) is 0 Å². The molecule has 7 unspecified atom stereocenters. The summed E-state index contributed by atoms with van der Waals surface area (Å²) in [6.45, 7) is 16.4. The first kappa shape index (κ1) is 50.1. The van der Waals surface area contributed by atoms with Gasteiger partial charge in [0, 0.05) is 82.3 Å². The maximum Gasteiger partial charge on any atom is 0.319 e. The van der Waals surface area contributed by atoms with E-state index < -0.39 is 17.8 Å². The lowest BCUT2D eigenvalue weighted by atomic mass is 9.91. The number of carbonyl (C=O) groups is 2. The molecule has 2 amide bonds. The third-order valence-corrected chi connectivity index (χ3v) is 17.7. The fourth-order valence-corrected chi connectivity index (χ4v) is 13.7. The van der Waals surface area contributed by atoms with E-state index in [2.05, 4.69) is 54.5 Å².